The Kier molecular flexibility index (Phi) is 3.76. The van der Waals surface area contributed by atoms with Crippen molar-refractivity contribution in [3.63, 3.8) is 0 Å². The molecule has 0 atom stereocenters. The van der Waals surface area contributed by atoms with E-state index in [1.165, 1.54) is 10.9 Å². The number of nitrogens with zero attached hydrogens (tertiary/aromatic N) is 4. The SMILES string of the molecule is Cc1cc(C)c2c(n1)oc1c(=O)n(CC(=O)N3CCOCC3)cnc12. The van der Waals surface area contributed by atoms with Gasteiger partial charge in [-0.15, -0.1) is 0 Å². The van der Waals surface area contributed by atoms with Crippen molar-refractivity contribution in [1.29, 1.82) is 0 Å². The van der Waals surface area contributed by atoms with Gasteiger partial charge < -0.3 is 14.1 Å². The normalized spacial score (nSPS) is 15.2. The predicted molar refractivity (Wildman–Crippen MR) is 90.4 cm³/mol. The Morgan fingerprint density at radius 3 is 2.80 bits per heavy atom. The summed E-state index contributed by atoms with van der Waals surface area (Å²) < 4.78 is 12.2. The molecule has 0 spiro atoms. The molecule has 3 aromatic rings. The number of fused-ring (bicyclic) bond motifs is 3. The number of furan rings is 1. The summed E-state index contributed by atoms with van der Waals surface area (Å²) in [4.78, 5) is 35.5. The number of carbonyl (C=O) groups excluding carboxylic acids is 1. The highest BCUT2D eigenvalue weighted by Crippen LogP contribution is 2.26. The average molecular weight is 342 g/mol. The second-order valence-electron chi connectivity index (χ2n) is 6.21. The Labute approximate surface area is 143 Å². The van der Waals surface area contributed by atoms with Crippen LogP contribution in [0.3, 0.4) is 0 Å². The van der Waals surface area contributed by atoms with E-state index in [9.17, 15) is 9.59 Å². The molecule has 130 valence electrons. The second kappa shape index (κ2) is 5.96. The smallest absolute Gasteiger partial charge is 0.297 e. The van der Waals surface area contributed by atoms with Crippen LogP contribution < -0.4 is 5.56 Å². The number of rotatable bonds is 2. The highest BCUT2D eigenvalue weighted by atomic mass is 16.5. The van der Waals surface area contributed by atoms with E-state index in [0.29, 0.717) is 37.5 Å². The van der Waals surface area contributed by atoms with Gasteiger partial charge in [0.2, 0.25) is 17.2 Å². The number of morpholine rings is 1. The van der Waals surface area contributed by atoms with Crippen LogP contribution in [0.1, 0.15) is 11.3 Å². The van der Waals surface area contributed by atoms with Gasteiger partial charge in [0, 0.05) is 18.8 Å². The Morgan fingerprint density at radius 1 is 1.28 bits per heavy atom. The van der Waals surface area contributed by atoms with Gasteiger partial charge in [-0.1, -0.05) is 0 Å². The molecule has 0 N–H and O–H groups in total. The third-order valence-electron chi connectivity index (χ3n) is 4.41. The summed E-state index contributed by atoms with van der Waals surface area (Å²) in [7, 11) is 0. The van der Waals surface area contributed by atoms with Crippen LogP contribution in [0.25, 0.3) is 22.2 Å². The van der Waals surface area contributed by atoms with Crippen molar-refractivity contribution >= 4 is 28.1 Å². The zero-order chi connectivity index (χ0) is 17.6. The summed E-state index contributed by atoms with van der Waals surface area (Å²) in [6, 6.07) is 1.92. The van der Waals surface area contributed by atoms with Crippen molar-refractivity contribution in [2.75, 3.05) is 26.3 Å². The van der Waals surface area contributed by atoms with Gasteiger partial charge in [-0.2, -0.15) is 0 Å². The number of amides is 1. The Bertz CT molecular complexity index is 1030. The summed E-state index contributed by atoms with van der Waals surface area (Å²) in [5, 5.41) is 0.740. The molecule has 1 amide bonds. The molecule has 1 aliphatic heterocycles. The Morgan fingerprint density at radius 2 is 2.04 bits per heavy atom. The molecule has 0 radical (unpaired) electrons. The molecule has 4 heterocycles. The minimum Gasteiger partial charge on any atom is -0.430 e. The first-order chi connectivity index (χ1) is 12.0. The summed E-state index contributed by atoms with van der Waals surface area (Å²) in [6.07, 6.45) is 1.40. The van der Waals surface area contributed by atoms with Crippen LogP contribution in [0.4, 0.5) is 0 Å². The number of pyridine rings is 1. The standard InChI is InChI=1S/C17H18N4O4/c1-10-7-11(2)19-16-13(10)14-15(25-16)17(23)21(9-18-14)8-12(22)20-3-5-24-6-4-20/h7,9H,3-6,8H2,1-2H3. The molecule has 25 heavy (non-hydrogen) atoms. The van der Waals surface area contributed by atoms with Gasteiger partial charge in [0.1, 0.15) is 12.1 Å². The van der Waals surface area contributed by atoms with E-state index in [4.69, 9.17) is 9.15 Å². The van der Waals surface area contributed by atoms with Gasteiger partial charge in [0.05, 0.1) is 24.9 Å². The van der Waals surface area contributed by atoms with Crippen molar-refractivity contribution in [3.8, 4) is 0 Å². The molecular weight excluding hydrogens is 324 g/mol. The first-order valence-corrected chi connectivity index (χ1v) is 8.16. The summed E-state index contributed by atoms with van der Waals surface area (Å²) >= 11 is 0. The lowest BCUT2D eigenvalue weighted by molar-refractivity contribution is -0.135. The maximum absolute atomic E-state index is 12.7. The van der Waals surface area contributed by atoms with Gasteiger partial charge in [-0.3, -0.25) is 14.2 Å². The fourth-order valence-corrected chi connectivity index (χ4v) is 3.17. The zero-order valence-electron chi connectivity index (χ0n) is 14.1. The Balaban J connectivity index is 1.75. The summed E-state index contributed by atoms with van der Waals surface area (Å²) in [5.74, 6) is -0.132. The number of carbonyl (C=O) groups is 1. The average Bonchev–Trinajstić information content (AvgIpc) is 2.97. The molecule has 0 aliphatic carbocycles. The zero-order valence-corrected chi connectivity index (χ0v) is 14.1. The first kappa shape index (κ1) is 15.8. The second-order valence-corrected chi connectivity index (χ2v) is 6.21. The number of hydrogen-bond acceptors (Lipinski definition) is 6. The molecule has 8 heteroatoms. The molecule has 0 bridgehead atoms. The van der Waals surface area contributed by atoms with Crippen molar-refractivity contribution in [3.05, 3.63) is 34.0 Å². The van der Waals surface area contributed by atoms with E-state index in [0.717, 1.165) is 16.6 Å². The topological polar surface area (TPSA) is 90.5 Å². The van der Waals surface area contributed by atoms with E-state index in [-0.39, 0.29) is 23.6 Å². The van der Waals surface area contributed by atoms with Crippen molar-refractivity contribution in [2.24, 2.45) is 0 Å². The first-order valence-electron chi connectivity index (χ1n) is 8.16. The van der Waals surface area contributed by atoms with Gasteiger partial charge in [-0.25, -0.2) is 9.97 Å². The maximum Gasteiger partial charge on any atom is 0.297 e. The van der Waals surface area contributed by atoms with Gasteiger partial charge >= 0.3 is 0 Å². The van der Waals surface area contributed by atoms with Crippen LogP contribution in [0, 0.1) is 13.8 Å². The lowest BCUT2D eigenvalue weighted by atomic mass is 10.1. The number of aryl methyl sites for hydroxylation is 2. The molecule has 0 saturated carbocycles. The summed E-state index contributed by atoms with van der Waals surface area (Å²) in [5.41, 5.74) is 2.41. The van der Waals surface area contributed by atoms with Crippen LogP contribution in [0.15, 0.2) is 21.6 Å². The number of ether oxygens (including phenoxy) is 1. The van der Waals surface area contributed by atoms with E-state index in [2.05, 4.69) is 9.97 Å². The molecule has 8 nitrogen and oxygen atoms in total. The molecule has 1 saturated heterocycles. The molecule has 0 unspecified atom stereocenters. The van der Waals surface area contributed by atoms with Crippen molar-refractivity contribution in [2.45, 2.75) is 20.4 Å². The molecule has 1 aliphatic rings. The van der Waals surface area contributed by atoms with Crippen LogP contribution in [-0.2, 0) is 16.1 Å². The minimum absolute atomic E-state index is 0.0652. The molecule has 3 aromatic heterocycles. The lowest BCUT2D eigenvalue weighted by Crippen LogP contribution is -2.43. The third kappa shape index (κ3) is 2.68. The fraction of sp³-hybridized carbons (Fsp3) is 0.412. The van der Waals surface area contributed by atoms with E-state index < -0.39 is 0 Å². The van der Waals surface area contributed by atoms with Crippen molar-refractivity contribution < 1.29 is 13.9 Å². The quantitative estimate of drug-likeness (QED) is 0.690. The van der Waals surface area contributed by atoms with E-state index in [1.54, 1.807) is 4.90 Å². The van der Waals surface area contributed by atoms with Gasteiger partial charge in [-0.05, 0) is 25.5 Å². The molecule has 4 rings (SSSR count). The predicted octanol–water partition coefficient (Wildman–Crippen LogP) is 1.01. The Hall–Kier alpha value is -2.74. The van der Waals surface area contributed by atoms with Gasteiger partial charge in [0.25, 0.3) is 5.56 Å². The van der Waals surface area contributed by atoms with Crippen LogP contribution in [0.2, 0.25) is 0 Å². The van der Waals surface area contributed by atoms with Crippen LogP contribution >= 0.6 is 0 Å². The molecule has 0 aromatic carbocycles. The molecule has 1 fully saturated rings. The van der Waals surface area contributed by atoms with Crippen LogP contribution in [0.5, 0.6) is 0 Å². The highest BCUT2D eigenvalue weighted by Gasteiger charge is 2.20. The van der Waals surface area contributed by atoms with E-state index >= 15 is 0 Å². The number of hydrogen-bond donors (Lipinski definition) is 0. The lowest BCUT2D eigenvalue weighted by Gasteiger charge is -2.26. The fourth-order valence-electron chi connectivity index (χ4n) is 3.17. The highest BCUT2D eigenvalue weighted by molar-refractivity contribution is 6.02. The number of aromatic nitrogens is 3. The summed E-state index contributed by atoms with van der Waals surface area (Å²) in [6.45, 7) is 5.85. The van der Waals surface area contributed by atoms with Crippen molar-refractivity contribution in [1.82, 2.24) is 19.4 Å². The van der Waals surface area contributed by atoms with Crippen LogP contribution in [-0.4, -0.2) is 51.6 Å². The largest absolute Gasteiger partial charge is 0.430 e. The minimum atomic E-state index is -0.373. The van der Waals surface area contributed by atoms with Gasteiger partial charge in [0.15, 0.2) is 0 Å². The third-order valence-corrected chi connectivity index (χ3v) is 4.41. The monoisotopic (exact) mass is 342 g/mol. The molecular formula is C17H18N4O4. The van der Waals surface area contributed by atoms with E-state index in [1.807, 2.05) is 19.9 Å². The maximum atomic E-state index is 12.7.